The van der Waals surface area contributed by atoms with Gasteiger partial charge in [0.1, 0.15) is 0 Å². The maximum absolute atomic E-state index is 12.0. The van der Waals surface area contributed by atoms with Gasteiger partial charge in [0.25, 0.3) is 0 Å². The molecule has 0 aliphatic carbocycles. The standard InChI is InChI=1S/C17H30N4O2S/c1-3-5-9-12-19-17(18-4-2)20-13-14-24(22,23)21-15-16-10-7-6-8-11-16/h6-8,10-11,21H,3-5,9,12-15H2,1-2H3,(H2,18,19,20). The average Bonchev–Trinajstić information content (AvgIpc) is 2.58. The molecule has 0 saturated heterocycles. The average molecular weight is 355 g/mol. The highest BCUT2D eigenvalue weighted by Gasteiger charge is 2.10. The second-order valence-electron chi connectivity index (χ2n) is 5.52. The number of benzene rings is 1. The molecule has 0 radical (unpaired) electrons. The molecule has 0 amide bonds. The molecule has 0 aliphatic rings. The molecule has 136 valence electrons. The maximum atomic E-state index is 12.0. The third kappa shape index (κ3) is 9.52. The summed E-state index contributed by atoms with van der Waals surface area (Å²) in [6.45, 7) is 6.28. The molecule has 7 heteroatoms. The first-order valence-electron chi connectivity index (χ1n) is 8.61. The Morgan fingerprint density at radius 1 is 1.08 bits per heavy atom. The minimum Gasteiger partial charge on any atom is -0.357 e. The highest BCUT2D eigenvalue weighted by molar-refractivity contribution is 7.89. The van der Waals surface area contributed by atoms with Crippen molar-refractivity contribution in [1.29, 1.82) is 0 Å². The summed E-state index contributed by atoms with van der Waals surface area (Å²) in [4.78, 5) is 4.44. The Balaban J connectivity index is 2.36. The van der Waals surface area contributed by atoms with Crippen LogP contribution in [-0.2, 0) is 16.6 Å². The van der Waals surface area contributed by atoms with E-state index in [1.165, 1.54) is 0 Å². The van der Waals surface area contributed by atoms with E-state index in [4.69, 9.17) is 0 Å². The van der Waals surface area contributed by atoms with Crippen molar-refractivity contribution >= 4 is 16.0 Å². The normalized spacial score (nSPS) is 12.2. The van der Waals surface area contributed by atoms with Crippen molar-refractivity contribution in [1.82, 2.24) is 15.4 Å². The second-order valence-corrected chi connectivity index (χ2v) is 7.45. The zero-order valence-electron chi connectivity index (χ0n) is 14.7. The van der Waals surface area contributed by atoms with Crippen LogP contribution in [0.25, 0.3) is 0 Å². The zero-order chi connectivity index (χ0) is 17.7. The number of hydrogen-bond acceptors (Lipinski definition) is 3. The largest absolute Gasteiger partial charge is 0.357 e. The molecule has 3 N–H and O–H groups in total. The first kappa shape index (κ1) is 20.4. The molecule has 1 rings (SSSR count). The molecule has 0 heterocycles. The van der Waals surface area contributed by atoms with Gasteiger partial charge < -0.3 is 10.6 Å². The van der Waals surface area contributed by atoms with E-state index in [0.29, 0.717) is 19.0 Å². The van der Waals surface area contributed by atoms with Gasteiger partial charge in [0, 0.05) is 26.2 Å². The van der Waals surface area contributed by atoms with Crippen molar-refractivity contribution < 1.29 is 8.42 Å². The van der Waals surface area contributed by atoms with Crippen LogP contribution in [0.5, 0.6) is 0 Å². The van der Waals surface area contributed by atoms with Crippen molar-refractivity contribution in [2.75, 3.05) is 25.4 Å². The van der Waals surface area contributed by atoms with Crippen molar-refractivity contribution in [3.63, 3.8) is 0 Å². The van der Waals surface area contributed by atoms with Gasteiger partial charge in [0.15, 0.2) is 5.96 Å². The van der Waals surface area contributed by atoms with E-state index in [1.807, 2.05) is 37.3 Å². The summed E-state index contributed by atoms with van der Waals surface area (Å²) in [5.41, 5.74) is 0.944. The molecular formula is C17H30N4O2S. The van der Waals surface area contributed by atoms with Gasteiger partial charge in [-0.15, -0.1) is 0 Å². The van der Waals surface area contributed by atoms with Crippen molar-refractivity contribution in [3.8, 4) is 0 Å². The molecule has 1 aromatic rings. The monoisotopic (exact) mass is 354 g/mol. The number of nitrogens with one attached hydrogen (secondary N) is 3. The summed E-state index contributed by atoms with van der Waals surface area (Å²) < 4.78 is 26.7. The molecule has 0 aromatic heterocycles. The number of rotatable bonds is 11. The summed E-state index contributed by atoms with van der Waals surface area (Å²) in [6.07, 6.45) is 3.36. The van der Waals surface area contributed by atoms with Crippen LogP contribution in [0.2, 0.25) is 0 Å². The Morgan fingerprint density at radius 2 is 1.83 bits per heavy atom. The summed E-state index contributed by atoms with van der Waals surface area (Å²) in [7, 11) is -3.31. The first-order valence-corrected chi connectivity index (χ1v) is 10.3. The number of aliphatic imine (C=N–C) groups is 1. The molecule has 0 bridgehead atoms. The van der Waals surface area contributed by atoms with Crippen LogP contribution in [0.1, 0.15) is 38.7 Å². The van der Waals surface area contributed by atoms with Crippen LogP contribution < -0.4 is 15.4 Å². The quantitative estimate of drug-likeness (QED) is 0.322. The van der Waals surface area contributed by atoms with E-state index in [-0.39, 0.29) is 5.75 Å². The maximum Gasteiger partial charge on any atom is 0.213 e. The minimum absolute atomic E-state index is 0.0131. The smallest absolute Gasteiger partial charge is 0.213 e. The van der Waals surface area contributed by atoms with Crippen LogP contribution in [0.4, 0.5) is 0 Å². The molecule has 0 aliphatic heterocycles. The summed E-state index contributed by atoms with van der Waals surface area (Å²) in [5, 5.41) is 6.20. The Bertz CT molecular complexity index is 574. The van der Waals surface area contributed by atoms with Crippen LogP contribution >= 0.6 is 0 Å². The molecule has 1 aromatic carbocycles. The van der Waals surface area contributed by atoms with Crippen LogP contribution in [0, 0.1) is 0 Å². The molecular weight excluding hydrogens is 324 g/mol. The van der Waals surface area contributed by atoms with Gasteiger partial charge in [-0.1, -0.05) is 50.1 Å². The fourth-order valence-corrected chi connectivity index (χ4v) is 2.96. The van der Waals surface area contributed by atoms with Crippen LogP contribution in [0.3, 0.4) is 0 Å². The third-order valence-corrected chi connectivity index (χ3v) is 4.70. The van der Waals surface area contributed by atoms with Gasteiger partial charge in [-0.25, -0.2) is 13.1 Å². The van der Waals surface area contributed by atoms with Crippen molar-refractivity contribution in [2.24, 2.45) is 4.99 Å². The highest BCUT2D eigenvalue weighted by atomic mass is 32.2. The predicted octanol–water partition coefficient (Wildman–Crippen LogP) is 1.85. The molecule has 0 spiro atoms. The molecule has 6 nitrogen and oxygen atoms in total. The van der Waals surface area contributed by atoms with Gasteiger partial charge in [0.2, 0.25) is 10.0 Å². The van der Waals surface area contributed by atoms with Gasteiger partial charge in [-0.05, 0) is 18.9 Å². The SMILES string of the molecule is CCCCCN=C(NCC)NCCS(=O)(=O)NCc1ccccc1. The Kier molecular flexibility index (Phi) is 10.1. The lowest BCUT2D eigenvalue weighted by Crippen LogP contribution is -2.41. The second kappa shape index (κ2) is 11.9. The first-order chi connectivity index (χ1) is 11.6. The van der Waals surface area contributed by atoms with Gasteiger partial charge in [0.05, 0.1) is 5.75 Å². The molecule has 0 atom stereocenters. The lowest BCUT2D eigenvalue weighted by molar-refractivity contribution is 0.580. The number of nitrogens with zero attached hydrogens (tertiary/aromatic N) is 1. The minimum atomic E-state index is -3.31. The number of sulfonamides is 1. The van der Waals surface area contributed by atoms with Gasteiger partial charge >= 0.3 is 0 Å². The fraction of sp³-hybridized carbons (Fsp3) is 0.588. The topological polar surface area (TPSA) is 82.6 Å². The Labute approximate surface area is 146 Å². The van der Waals surface area contributed by atoms with Gasteiger partial charge in [-0.2, -0.15) is 0 Å². The van der Waals surface area contributed by atoms with E-state index in [1.54, 1.807) is 0 Å². The molecule has 24 heavy (non-hydrogen) atoms. The molecule has 0 saturated carbocycles. The van der Waals surface area contributed by atoms with Crippen molar-refractivity contribution in [2.45, 2.75) is 39.7 Å². The third-order valence-electron chi connectivity index (χ3n) is 3.38. The van der Waals surface area contributed by atoms with E-state index < -0.39 is 10.0 Å². The summed E-state index contributed by atoms with van der Waals surface area (Å²) in [6, 6.07) is 9.48. The zero-order valence-corrected chi connectivity index (χ0v) is 15.5. The van der Waals surface area contributed by atoms with Crippen LogP contribution in [0.15, 0.2) is 35.3 Å². The lowest BCUT2D eigenvalue weighted by atomic mass is 10.2. The number of guanidine groups is 1. The summed E-state index contributed by atoms with van der Waals surface area (Å²) in [5.74, 6) is 0.686. The number of unbranched alkanes of at least 4 members (excludes halogenated alkanes) is 2. The number of hydrogen-bond donors (Lipinski definition) is 3. The van der Waals surface area contributed by atoms with E-state index in [9.17, 15) is 8.42 Å². The fourth-order valence-electron chi connectivity index (χ4n) is 2.06. The van der Waals surface area contributed by atoms with E-state index in [0.717, 1.165) is 37.9 Å². The van der Waals surface area contributed by atoms with E-state index in [2.05, 4.69) is 27.3 Å². The van der Waals surface area contributed by atoms with Gasteiger partial charge in [-0.3, -0.25) is 4.99 Å². The van der Waals surface area contributed by atoms with Crippen LogP contribution in [-0.4, -0.2) is 39.8 Å². The summed E-state index contributed by atoms with van der Waals surface area (Å²) >= 11 is 0. The van der Waals surface area contributed by atoms with Crippen molar-refractivity contribution in [3.05, 3.63) is 35.9 Å². The lowest BCUT2D eigenvalue weighted by Gasteiger charge is -2.12. The molecule has 0 fully saturated rings. The highest BCUT2D eigenvalue weighted by Crippen LogP contribution is 1.98. The Morgan fingerprint density at radius 3 is 2.50 bits per heavy atom. The Hall–Kier alpha value is -1.60. The van der Waals surface area contributed by atoms with E-state index >= 15 is 0 Å². The predicted molar refractivity (Wildman–Crippen MR) is 101 cm³/mol. The molecule has 0 unspecified atom stereocenters.